The summed E-state index contributed by atoms with van der Waals surface area (Å²) in [4.78, 5) is 34.3. The van der Waals surface area contributed by atoms with E-state index in [9.17, 15) is 14.4 Å². The number of rotatable bonds is 4. The van der Waals surface area contributed by atoms with E-state index in [1.807, 2.05) is 0 Å². The predicted molar refractivity (Wildman–Crippen MR) is 81.2 cm³/mol. The monoisotopic (exact) mass is 322 g/mol. The molecule has 0 unspecified atom stereocenters. The van der Waals surface area contributed by atoms with Crippen molar-refractivity contribution in [3.8, 4) is 5.75 Å². The van der Waals surface area contributed by atoms with Crippen molar-refractivity contribution in [1.29, 1.82) is 0 Å². The number of imide groups is 1. The average Bonchev–Trinajstić information content (AvgIpc) is 2.79. The van der Waals surface area contributed by atoms with Gasteiger partial charge in [-0.2, -0.15) is 0 Å². The van der Waals surface area contributed by atoms with Crippen molar-refractivity contribution < 1.29 is 19.1 Å². The fourth-order valence-electron chi connectivity index (χ4n) is 1.58. The number of hydrogen-bond acceptors (Lipinski definition) is 4. The van der Waals surface area contributed by atoms with Crippen molar-refractivity contribution in [2.75, 3.05) is 5.88 Å². The molecule has 1 heterocycles. The first-order valence-corrected chi connectivity index (χ1v) is 7.07. The van der Waals surface area contributed by atoms with E-state index >= 15 is 0 Å². The highest BCUT2D eigenvalue weighted by molar-refractivity contribution is 6.19. The molecule has 0 spiro atoms. The van der Waals surface area contributed by atoms with Gasteiger partial charge < -0.3 is 10.1 Å². The smallest absolute Gasteiger partial charge is 0.326 e. The first kappa shape index (κ1) is 16.0. The summed E-state index contributed by atoms with van der Waals surface area (Å²) in [5.74, 6) is -0.365. The lowest BCUT2D eigenvalue weighted by molar-refractivity contribution is -0.142. The Kier molecular flexibility index (Phi) is 4.51. The third-order valence-electron chi connectivity index (χ3n) is 3.01. The minimum absolute atomic E-state index is 0.158. The number of ether oxygens (including phenoxy) is 1. The summed E-state index contributed by atoms with van der Waals surface area (Å²) in [6, 6.07) is 5.99. The third kappa shape index (κ3) is 3.65. The zero-order valence-electron chi connectivity index (χ0n) is 12.1. The molecule has 0 atom stereocenters. The molecule has 116 valence electrons. The number of amides is 3. The highest BCUT2D eigenvalue weighted by Crippen LogP contribution is 2.22. The average molecular weight is 323 g/mol. The molecule has 1 aromatic rings. The zero-order chi connectivity index (χ0) is 16.3. The second-order valence-corrected chi connectivity index (χ2v) is 5.71. The maximum absolute atomic E-state index is 11.9. The van der Waals surface area contributed by atoms with Crippen LogP contribution in [-0.2, 0) is 9.59 Å². The van der Waals surface area contributed by atoms with E-state index in [1.54, 1.807) is 38.1 Å². The lowest BCUT2D eigenvalue weighted by atomic mass is 9.97. The molecule has 0 saturated carbocycles. The second kappa shape index (κ2) is 6.19. The van der Waals surface area contributed by atoms with Gasteiger partial charge in [0.2, 0.25) is 0 Å². The van der Waals surface area contributed by atoms with Crippen LogP contribution in [0.15, 0.2) is 30.0 Å². The molecule has 2 rings (SSSR count). The van der Waals surface area contributed by atoms with E-state index in [0.29, 0.717) is 11.3 Å². The number of hydrogen-bond donors (Lipinski definition) is 2. The first-order valence-electron chi connectivity index (χ1n) is 6.54. The summed E-state index contributed by atoms with van der Waals surface area (Å²) >= 11 is 5.72. The normalized spacial score (nSPS) is 16.4. The molecule has 0 bridgehead atoms. The van der Waals surface area contributed by atoms with E-state index < -0.39 is 23.3 Å². The number of nitrogens with one attached hydrogen (secondary N) is 2. The topological polar surface area (TPSA) is 84.5 Å². The van der Waals surface area contributed by atoms with E-state index in [-0.39, 0.29) is 11.6 Å². The number of urea groups is 1. The molecular formula is C15H15ClN2O4. The molecule has 2 N–H and O–H groups in total. The Morgan fingerprint density at radius 1 is 1.23 bits per heavy atom. The Labute approximate surface area is 132 Å². The van der Waals surface area contributed by atoms with Gasteiger partial charge in [0.25, 0.3) is 5.91 Å². The van der Waals surface area contributed by atoms with Gasteiger partial charge in [-0.3, -0.25) is 14.9 Å². The Hall–Kier alpha value is -2.34. The molecule has 1 aliphatic heterocycles. The lowest BCUT2D eigenvalue weighted by Gasteiger charge is -2.18. The molecule has 1 aliphatic rings. The molecule has 1 fully saturated rings. The summed E-state index contributed by atoms with van der Waals surface area (Å²) in [6.07, 6.45) is 1.52. The molecular weight excluding hydrogens is 308 g/mol. The van der Waals surface area contributed by atoms with E-state index in [2.05, 4.69) is 10.6 Å². The number of alkyl halides is 1. The van der Waals surface area contributed by atoms with Crippen molar-refractivity contribution in [3.05, 3.63) is 35.5 Å². The quantitative estimate of drug-likeness (QED) is 0.292. The standard InChI is InChI=1S/C15H15ClN2O4/c1-15(2,8-16)13(20)22-10-5-3-9(4-6-10)7-11-12(19)18-14(21)17-11/h3-7H,8H2,1-2H3,(H2,17,18,19,21)/b11-7-. The summed E-state index contributed by atoms with van der Waals surface area (Å²) in [6.45, 7) is 3.39. The van der Waals surface area contributed by atoms with Crippen LogP contribution in [0, 0.1) is 5.41 Å². The SMILES string of the molecule is CC(C)(CCl)C(=O)Oc1ccc(/C=C2\NC(=O)NC2=O)cc1. The lowest BCUT2D eigenvalue weighted by Crippen LogP contribution is -2.30. The van der Waals surface area contributed by atoms with Crippen molar-refractivity contribution in [3.63, 3.8) is 0 Å². The molecule has 1 saturated heterocycles. The predicted octanol–water partition coefficient (Wildman–Crippen LogP) is 2.04. The third-order valence-corrected chi connectivity index (χ3v) is 3.68. The minimum Gasteiger partial charge on any atom is -0.426 e. The van der Waals surface area contributed by atoms with Crippen LogP contribution in [-0.4, -0.2) is 23.8 Å². The molecule has 0 aliphatic carbocycles. The summed E-state index contributed by atoms with van der Waals surface area (Å²) in [5, 5.41) is 4.50. The number of esters is 1. The van der Waals surface area contributed by atoms with Crippen molar-refractivity contribution in [2.45, 2.75) is 13.8 Å². The van der Waals surface area contributed by atoms with Crippen LogP contribution >= 0.6 is 11.6 Å². The van der Waals surface area contributed by atoms with Gasteiger partial charge in [0.1, 0.15) is 11.4 Å². The number of carbonyl (C=O) groups is 3. The molecule has 0 radical (unpaired) electrons. The highest BCUT2D eigenvalue weighted by atomic mass is 35.5. The van der Waals surface area contributed by atoms with Crippen LogP contribution < -0.4 is 15.4 Å². The summed E-state index contributed by atoms with van der Waals surface area (Å²) in [7, 11) is 0. The number of carbonyl (C=O) groups excluding carboxylic acids is 3. The van der Waals surface area contributed by atoms with Gasteiger partial charge in [0.05, 0.1) is 5.41 Å². The summed E-state index contributed by atoms with van der Waals surface area (Å²) < 4.78 is 5.24. The van der Waals surface area contributed by atoms with E-state index in [0.717, 1.165) is 0 Å². The number of halogens is 1. The van der Waals surface area contributed by atoms with Crippen LogP contribution in [0.3, 0.4) is 0 Å². The van der Waals surface area contributed by atoms with Crippen LogP contribution in [0.25, 0.3) is 6.08 Å². The van der Waals surface area contributed by atoms with Gasteiger partial charge in [0.15, 0.2) is 0 Å². The van der Waals surface area contributed by atoms with Crippen LogP contribution in [0.5, 0.6) is 5.75 Å². The molecule has 0 aromatic heterocycles. The Morgan fingerprint density at radius 3 is 2.36 bits per heavy atom. The van der Waals surface area contributed by atoms with Gasteiger partial charge in [-0.15, -0.1) is 11.6 Å². The molecule has 6 nitrogen and oxygen atoms in total. The molecule has 7 heteroatoms. The van der Waals surface area contributed by atoms with Crippen molar-refractivity contribution in [2.24, 2.45) is 5.41 Å². The minimum atomic E-state index is -0.769. The molecule has 22 heavy (non-hydrogen) atoms. The zero-order valence-corrected chi connectivity index (χ0v) is 12.9. The Bertz CT molecular complexity index is 650. The van der Waals surface area contributed by atoms with Crippen molar-refractivity contribution in [1.82, 2.24) is 10.6 Å². The largest absolute Gasteiger partial charge is 0.426 e. The highest BCUT2D eigenvalue weighted by Gasteiger charge is 2.28. The van der Waals surface area contributed by atoms with Crippen LogP contribution in [0.4, 0.5) is 4.79 Å². The number of benzene rings is 1. The Morgan fingerprint density at radius 2 is 1.86 bits per heavy atom. The fraction of sp³-hybridized carbons (Fsp3) is 0.267. The molecule has 3 amide bonds. The van der Waals surface area contributed by atoms with Gasteiger partial charge >= 0.3 is 12.0 Å². The van der Waals surface area contributed by atoms with Gasteiger partial charge in [0, 0.05) is 5.88 Å². The fourth-order valence-corrected chi connectivity index (χ4v) is 1.69. The van der Waals surface area contributed by atoms with E-state index in [1.165, 1.54) is 6.08 Å². The van der Waals surface area contributed by atoms with Crippen LogP contribution in [0.2, 0.25) is 0 Å². The Balaban J connectivity index is 2.08. The molecule has 1 aromatic carbocycles. The summed E-state index contributed by atoms with van der Waals surface area (Å²) in [5.41, 5.74) is 0.0794. The van der Waals surface area contributed by atoms with Crippen LogP contribution in [0.1, 0.15) is 19.4 Å². The maximum Gasteiger partial charge on any atom is 0.326 e. The second-order valence-electron chi connectivity index (χ2n) is 5.44. The van der Waals surface area contributed by atoms with Gasteiger partial charge in [-0.05, 0) is 37.6 Å². The first-order chi connectivity index (χ1) is 10.3. The van der Waals surface area contributed by atoms with Gasteiger partial charge in [-0.1, -0.05) is 12.1 Å². The van der Waals surface area contributed by atoms with E-state index in [4.69, 9.17) is 16.3 Å². The van der Waals surface area contributed by atoms with Crippen molar-refractivity contribution >= 4 is 35.6 Å². The van der Waals surface area contributed by atoms with Gasteiger partial charge in [-0.25, -0.2) is 4.79 Å². The maximum atomic E-state index is 11.9.